The summed E-state index contributed by atoms with van der Waals surface area (Å²) in [4.78, 5) is 2.44. The molecular weight excluding hydrogens is 344 g/mol. The first kappa shape index (κ1) is 18.8. The highest BCUT2D eigenvalue weighted by molar-refractivity contribution is 7.89. The van der Waals surface area contributed by atoms with E-state index in [1.165, 1.54) is 12.1 Å². The highest BCUT2D eigenvalue weighted by Gasteiger charge is 2.40. The van der Waals surface area contributed by atoms with E-state index >= 15 is 0 Å². The lowest BCUT2D eigenvalue weighted by Crippen LogP contribution is -2.47. The molecule has 4 atom stereocenters. The Hall–Kier alpha value is -1.03. The van der Waals surface area contributed by atoms with Gasteiger partial charge in [-0.05, 0) is 31.5 Å². The summed E-state index contributed by atoms with van der Waals surface area (Å²) < 4.78 is 38.3. The number of hydrogen-bond donors (Lipinski definition) is 2. The molecule has 2 aliphatic heterocycles. The monoisotopic (exact) mass is 370 g/mol. The van der Waals surface area contributed by atoms with Crippen LogP contribution in [0, 0.1) is 0 Å². The number of likely N-dealkylation sites (tertiary alicyclic amines) is 1. The predicted molar refractivity (Wildman–Crippen MR) is 92.8 cm³/mol. The molecular formula is C17H26N2O5S. The fourth-order valence-electron chi connectivity index (χ4n) is 3.56. The van der Waals surface area contributed by atoms with Gasteiger partial charge in [-0.25, -0.2) is 13.1 Å². The Labute approximate surface area is 149 Å². The van der Waals surface area contributed by atoms with Crippen LogP contribution in [0.3, 0.4) is 0 Å². The van der Waals surface area contributed by atoms with E-state index in [9.17, 15) is 13.5 Å². The molecule has 0 saturated carbocycles. The third-order valence-electron chi connectivity index (χ3n) is 4.92. The van der Waals surface area contributed by atoms with Gasteiger partial charge in [0.05, 0.1) is 36.4 Å². The molecule has 2 aliphatic rings. The molecule has 0 aromatic heterocycles. The minimum Gasteiger partial charge on any atom is -0.389 e. The van der Waals surface area contributed by atoms with Crippen LogP contribution in [0.15, 0.2) is 35.2 Å². The zero-order valence-electron chi connectivity index (χ0n) is 14.4. The molecule has 2 heterocycles. The lowest BCUT2D eigenvalue weighted by atomic mass is 10.1. The van der Waals surface area contributed by atoms with Crippen LogP contribution < -0.4 is 4.72 Å². The van der Waals surface area contributed by atoms with Crippen molar-refractivity contribution >= 4 is 10.0 Å². The molecule has 0 unspecified atom stereocenters. The molecule has 2 saturated heterocycles. The van der Waals surface area contributed by atoms with Crippen LogP contribution in [0.5, 0.6) is 0 Å². The lowest BCUT2D eigenvalue weighted by molar-refractivity contribution is 0.00485. The Morgan fingerprint density at radius 3 is 2.84 bits per heavy atom. The Bertz CT molecular complexity index is 654. The van der Waals surface area contributed by atoms with E-state index in [4.69, 9.17) is 9.47 Å². The van der Waals surface area contributed by atoms with Gasteiger partial charge in [0.1, 0.15) is 0 Å². The molecule has 1 aromatic carbocycles. The third-order valence-corrected chi connectivity index (χ3v) is 6.42. The highest BCUT2D eigenvalue weighted by atomic mass is 32.2. The van der Waals surface area contributed by atoms with Gasteiger partial charge in [-0.1, -0.05) is 18.2 Å². The van der Waals surface area contributed by atoms with Gasteiger partial charge in [0, 0.05) is 19.7 Å². The van der Waals surface area contributed by atoms with Gasteiger partial charge in [0.2, 0.25) is 10.0 Å². The van der Waals surface area contributed by atoms with Gasteiger partial charge in [0.25, 0.3) is 0 Å². The molecule has 0 spiro atoms. The second-order valence-electron chi connectivity index (χ2n) is 6.65. The van der Waals surface area contributed by atoms with Crippen molar-refractivity contribution in [2.24, 2.45) is 0 Å². The second-order valence-corrected chi connectivity index (χ2v) is 8.36. The van der Waals surface area contributed by atoms with Crippen LogP contribution in [0.4, 0.5) is 0 Å². The number of benzene rings is 1. The zero-order valence-corrected chi connectivity index (χ0v) is 15.2. The average Bonchev–Trinajstić information content (AvgIpc) is 3.18. The molecule has 2 N–H and O–H groups in total. The lowest BCUT2D eigenvalue weighted by Gasteiger charge is -2.28. The van der Waals surface area contributed by atoms with Crippen LogP contribution in [-0.4, -0.2) is 76.1 Å². The molecule has 0 amide bonds. The minimum atomic E-state index is -3.67. The first-order valence-corrected chi connectivity index (χ1v) is 10.1. The number of methoxy groups -OCH3 is 1. The van der Waals surface area contributed by atoms with Crippen LogP contribution in [-0.2, 0) is 19.5 Å². The highest BCUT2D eigenvalue weighted by Crippen LogP contribution is 2.23. The Kier molecular flexibility index (Phi) is 6.08. The number of nitrogens with zero attached hydrogens (tertiary/aromatic N) is 1. The van der Waals surface area contributed by atoms with Crippen molar-refractivity contribution in [1.82, 2.24) is 9.62 Å². The van der Waals surface area contributed by atoms with Crippen molar-refractivity contribution in [3.05, 3.63) is 30.3 Å². The predicted octanol–water partition coefficient (Wildman–Crippen LogP) is 0.204. The van der Waals surface area contributed by atoms with E-state index in [2.05, 4.69) is 9.62 Å². The number of hydrogen-bond acceptors (Lipinski definition) is 6. The van der Waals surface area contributed by atoms with Crippen molar-refractivity contribution in [3.8, 4) is 0 Å². The maximum Gasteiger partial charge on any atom is 0.240 e. The van der Waals surface area contributed by atoms with Gasteiger partial charge >= 0.3 is 0 Å². The number of rotatable bonds is 7. The Balaban J connectivity index is 1.59. The van der Waals surface area contributed by atoms with Crippen molar-refractivity contribution in [2.45, 2.75) is 42.0 Å². The van der Waals surface area contributed by atoms with Crippen molar-refractivity contribution in [2.75, 3.05) is 33.4 Å². The Morgan fingerprint density at radius 2 is 2.12 bits per heavy atom. The third kappa shape index (κ3) is 4.39. The van der Waals surface area contributed by atoms with Crippen molar-refractivity contribution in [1.29, 1.82) is 0 Å². The number of aliphatic hydroxyl groups is 1. The largest absolute Gasteiger partial charge is 0.389 e. The summed E-state index contributed by atoms with van der Waals surface area (Å²) in [6.07, 6.45) is 0.893. The van der Waals surface area contributed by atoms with Gasteiger partial charge < -0.3 is 14.6 Å². The molecule has 140 valence electrons. The molecule has 0 bridgehead atoms. The van der Waals surface area contributed by atoms with Crippen LogP contribution in [0.1, 0.15) is 12.8 Å². The number of ether oxygens (including phenoxy) is 2. The second kappa shape index (κ2) is 8.11. The van der Waals surface area contributed by atoms with Gasteiger partial charge in [-0.15, -0.1) is 0 Å². The SMILES string of the molecule is COC[C@H]1CCCN1C[C@@H]1OC[C@H](NS(=O)(=O)c2ccccc2)[C@H]1O. The van der Waals surface area contributed by atoms with Crippen molar-refractivity contribution < 1.29 is 23.0 Å². The smallest absolute Gasteiger partial charge is 0.240 e. The number of nitrogens with one attached hydrogen (secondary N) is 1. The number of aliphatic hydroxyl groups excluding tert-OH is 1. The fourth-order valence-corrected chi connectivity index (χ4v) is 4.82. The van der Waals surface area contributed by atoms with Gasteiger partial charge in [-0.3, -0.25) is 4.90 Å². The fraction of sp³-hybridized carbons (Fsp3) is 0.647. The summed E-state index contributed by atoms with van der Waals surface area (Å²) in [6, 6.07) is 7.85. The summed E-state index contributed by atoms with van der Waals surface area (Å²) in [5, 5.41) is 10.5. The van der Waals surface area contributed by atoms with Gasteiger partial charge in [-0.2, -0.15) is 0 Å². The molecule has 7 nitrogen and oxygen atoms in total. The van der Waals surface area contributed by atoms with E-state index in [0.717, 1.165) is 19.4 Å². The maximum absolute atomic E-state index is 12.4. The molecule has 3 rings (SSSR count). The molecule has 1 aromatic rings. The topological polar surface area (TPSA) is 88.1 Å². The maximum atomic E-state index is 12.4. The molecule has 0 radical (unpaired) electrons. The molecule has 8 heteroatoms. The minimum absolute atomic E-state index is 0.167. The van der Waals surface area contributed by atoms with E-state index in [1.54, 1.807) is 25.3 Å². The zero-order chi connectivity index (χ0) is 17.9. The van der Waals surface area contributed by atoms with Crippen LogP contribution >= 0.6 is 0 Å². The summed E-state index contributed by atoms with van der Waals surface area (Å²) in [7, 11) is -1.98. The summed E-state index contributed by atoms with van der Waals surface area (Å²) in [5.41, 5.74) is 0. The van der Waals surface area contributed by atoms with E-state index < -0.39 is 28.3 Å². The first-order chi connectivity index (χ1) is 12.0. The van der Waals surface area contributed by atoms with Crippen molar-refractivity contribution in [3.63, 3.8) is 0 Å². The molecule has 2 fully saturated rings. The molecule has 25 heavy (non-hydrogen) atoms. The van der Waals surface area contributed by atoms with E-state index in [1.807, 2.05) is 0 Å². The van der Waals surface area contributed by atoms with E-state index in [-0.39, 0.29) is 11.5 Å². The summed E-state index contributed by atoms with van der Waals surface area (Å²) in [6.45, 7) is 2.35. The number of sulfonamides is 1. The first-order valence-electron chi connectivity index (χ1n) is 8.61. The average molecular weight is 370 g/mol. The quantitative estimate of drug-likeness (QED) is 0.713. The summed E-state index contributed by atoms with van der Waals surface area (Å²) >= 11 is 0. The van der Waals surface area contributed by atoms with Crippen LogP contribution in [0.2, 0.25) is 0 Å². The summed E-state index contributed by atoms with van der Waals surface area (Å²) in [5.74, 6) is 0. The van der Waals surface area contributed by atoms with E-state index in [0.29, 0.717) is 19.2 Å². The standard InChI is InChI=1S/C17H26N2O5S/c1-23-11-13-6-5-9-19(13)10-16-17(20)15(12-24-16)18-25(21,22)14-7-3-2-4-8-14/h2-4,7-8,13,15-18,20H,5-6,9-12H2,1H3/t13-,15+,16+,17-/m1/s1. The molecule has 0 aliphatic carbocycles. The normalized spacial score (nSPS) is 30.8. The van der Waals surface area contributed by atoms with Gasteiger partial charge in [0.15, 0.2) is 0 Å². The Morgan fingerprint density at radius 1 is 1.36 bits per heavy atom. The van der Waals surface area contributed by atoms with Crippen LogP contribution in [0.25, 0.3) is 0 Å².